The molecule has 6 heteroatoms. The Bertz CT molecular complexity index is 716. The van der Waals surface area contributed by atoms with E-state index in [-0.39, 0.29) is 30.7 Å². The number of halogens is 2. The number of nitrogens with zero attached hydrogens (tertiary/aromatic N) is 2. The van der Waals surface area contributed by atoms with Gasteiger partial charge in [-0.1, -0.05) is 18.2 Å². The van der Waals surface area contributed by atoms with E-state index >= 15 is 0 Å². The molecule has 0 saturated carbocycles. The lowest BCUT2D eigenvalue weighted by Crippen LogP contribution is -2.48. The topological polar surface area (TPSA) is 35.6 Å². The molecule has 25 heavy (non-hydrogen) atoms. The maximum Gasteiger partial charge on any atom is 0.253 e. The zero-order valence-corrected chi connectivity index (χ0v) is 15.6. The second-order valence-electron chi connectivity index (χ2n) is 6.16. The van der Waals surface area contributed by atoms with Gasteiger partial charge < -0.3 is 15.1 Å². The quantitative estimate of drug-likeness (QED) is 0.867. The number of anilines is 2. The fourth-order valence-electron chi connectivity index (χ4n) is 3.43. The van der Waals surface area contributed by atoms with Crippen molar-refractivity contribution in [1.29, 1.82) is 0 Å². The highest BCUT2D eigenvalue weighted by molar-refractivity contribution is 5.95. The van der Waals surface area contributed by atoms with Gasteiger partial charge in [-0.15, -0.1) is 24.8 Å². The normalized spacial score (nSPS) is 15.5. The summed E-state index contributed by atoms with van der Waals surface area (Å²) in [5.74, 6) is 0.160. The number of carbonyl (C=O) groups excluding carboxylic acids is 1. The van der Waals surface area contributed by atoms with E-state index < -0.39 is 0 Å². The fourth-order valence-corrected chi connectivity index (χ4v) is 3.43. The second kappa shape index (κ2) is 8.45. The van der Waals surface area contributed by atoms with E-state index in [1.807, 2.05) is 23.1 Å². The van der Waals surface area contributed by atoms with Gasteiger partial charge in [-0.25, -0.2) is 0 Å². The van der Waals surface area contributed by atoms with E-state index in [4.69, 9.17) is 0 Å². The summed E-state index contributed by atoms with van der Waals surface area (Å²) in [7, 11) is 0. The van der Waals surface area contributed by atoms with Crippen LogP contribution >= 0.6 is 24.8 Å². The molecule has 4 rings (SSSR count). The van der Waals surface area contributed by atoms with Crippen LogP contribution in [-0.2, 0) is 6.42 Å². The van der Waals surface area contributed by atoms with Crippen molar-refractivity contribution in [3.8, 4) is 0 Å². The largest absolute Gasteiger partial charge is 0.384 e. The lowest BCUT2D eigenvalue weighted by molar-refractivity contribution is 0.0746. The van der Waals surface area contributed by atoms with Crippen molar-refractivity contribution in [2.75, 3.05) is 42.9 Å². The predicted octanol–water partition coefficient (Wildman–Crippen LogP) is 3.46. The molecular weight excluding hydrogens is 357 g/mol. The van der Waals surface area contributed by atoms with Crippen molar-refractivity contribution in [3.05, 3.63) is 59.7 Å². The summed E-state index contributed by atoms with van der Waals surface area (Å²) in [4.78, 5) is 17.0. The first-order valence-corrected chi connectivity index (χ1v) is 8.27. The molecule has 2 aromatic rings. The zero-order chi connectivity index (χ0) is 15.6. The molecular formula is C19H23Cl2N3O. The number of nitrogens with one attached hydrogen (secondary N) is 1. The third kappa shape index (κ3) is 4.02. The lowest BCUT2D eigenvalue weighted by Gasteiger charge is -2.36. The van der Waals surface area contributed by atoms with Crippen molar-refractivity contribution < 1.29 is 4.79 Å². The van der Waals surface area contributed by atoms with E-state index in [1.165, 1.54) is 16.9 Å². The summed E-state index contributed by atoms with van der Waals surface area (Å²) < 4.78 is 0. The number of rotatable bonds is 2. The van der Waals surface area contributed by atoms with Gasteiger partial charge in [0.05, 0.1) is 0 Å². The Morgan fingerprint density at radius 1 is 0.920 bits per heavy atom. The van der Waals surface area contributed by atoms with Crippen molar-refractivity contribution in [3.63, 3.8) is 0 Å². The molecule has 1 amide bonds. The smallest absolute Gasteiger partial charge is 0.253 e. The van der Waals surface area contributed by atoms with E-state index in [9.17, 15) is 4.79 Å². The predicted molar refractivity (Wildman–Crippen MR) is 108 cm³/mol. The third-order valence-corrected chi connectivity index (χ3v) is 4.75. The summed E-state index contributed by atoms with van der Waals surface area (Å²) in [5, 5.41) is 3.34. The summed E-state index contributed by atoms with van der Waals surface area (Å²) in [6.07, 6.45) is 1.01. The summed E-state index contributed by atoms with van der Waals surface area (Å²) in [6, 6.07) is 16.5. The van der Waals surface area contributed by atoms with Gasteiger partial charge in [-0.05, 0) is 42.3 Å². The number of hydrogen-bond acceptors (Lipinski definition) is 3. The van der Waals surface area contributed by atoms with Gasteiger partial charge >= 0.3 is 0 Å². The SMILES string of the molecule is Cl.Cl.O=C(c1ccc2c(c1)CCN2)N1CCN(c2ccccc2)CC1. The molecule has 0 spiro atoms. The molecule has 1 N–H and O–H groups in total. The molecule has 2 aromatic carbocycles. The molecule has 0 aromatic heterocycles. The lowest BCUT2D eigenvalue weighted by atomic mass is 10.1. The van der Waals surface area contributed by atoms with Gasteiger partial charge in [-0.2, -0.15) is 0 Å². The number of piperazine rings is 1. The van der Waals surface area contributed by atoms with Crippen molar-refractivity contribution >= 4 is 42.1 Å². The average Bonchev–Trinajstić information content (AvgIpc) is 3.10. The van der Waals surface area contributed by atoms with Gasteiger partial charge in [0, 0.05) is 49.7 Å². The third-order valence-electron chi connectivity index (χ3n) is 4.75. The van der Waals surface area contributed by atoms with Crippen LogP contribution in [0.2, 0.25) is 0 Å². The highest BCUT2D eigenvalue weighted by atomic mass is 35.5. The standard InChI is InChI=1S/C19H21N3O.2ClH/c23-19(16-6-7-18-15(14-16)8-9-20-18)22-12-10-21(11-13-22)17-4-2-1-3-5-17;;/h1-7,14,20H,8-13H2;2*1H. The number of amides is 1. The van der Waals surface area contributed by atoms with E-state index in [2.05, 4.69) is 40.5 Å². The second-order valence-corrected chi connectivity index (χ2v) is 6.16. The van der Waals surface area contributed by atoms with Crippen molar-refractivity contribution in [2.45, 2.75) is 6.42 Å². The first-order chi connectivity index (χ1) is 11.3. The molecule has 0 aliphatic carbocycles. The van der Waals surface area contributed by atoms with Crippen LogP contribution in [0.1, 0.15) is 15.9 Å². The summed E-state index contributed by atoms with van der Waals surface area (Å²) in [5.41, 5.74) is 4.50. The van der Waals surface area contributed by atoms with E-state index in [0.29, 0.717) is 0 Å². The molecule has 1 saturated heterocycles. The molecule has 1 fully saturated rings. The van der Waals surface area contributed by atoms with Crippen molar-refractivity contribution in [2.24, 2.45) is 0 Å². The molecule has 0 bridgehead atoms. The minimum absolute atomic E-state index is 0. The van der Waals surface area contributed by atoms with Gasteiger partial charge in [0.25, 0.3) is 5.91 Å². The Hall–Kier alpha value is -1.91. The number of para-hydroxylation sites is 1. The van der Waals surface area contributed by atoms with Gasteiger partial charge in [-0.3, -0.25) is 4.79 Å². The minimum atomic E-state index is 0. The molecule has 2 heterocycles. The van der Waals surface area contributed by atoms with Crippen LogP contribution in [0.5, 0.6) is 0 Å². The first-order valence-electron chi connectivity index (χ1n) is 8.27. The molecule has 0 unspecified atom stereocenters. The van der Waals surface area contributed by atoms with E-state index in [0.717, 1.165) is 44.7 Å². The van der Waals surface area contributed by atoms with Crippen LogP contribution in [0.25, 0.3) is 0 Å². The van der Waals surface area contributed by atoms with Gasteiger partial charge in [0.1, 0.15) is 0 Å². The number of carbonyl (C=O) groups is 1. The minimum Gasteiger partial charge on any atom is -0.384 e. The molecule has 134 valence electrons. The fraction of sp³-hybridized carbons (Fsp3) is 0.316. The number of benzene rings is 2. The Morgan fingerprint density at radius 2 is 1.64 bits per heavy atom. The first kappa shape index (κ1) is 19.4. The van der Waals surface area contributed by atoms with E-state index in [1.54, 1.807) is 0 Å². The van der Waals surface area contributed by atoms with Crippen molar-refractivity contribution in [1.82, 2.24) is 4.90 Å². The Balaban J connectivity index is 0.00000113. The summed E-state index contributed by atoms with van der Waals surface area (Å²) >= 11 is 0. The molecule has 0 atom stereocenters. The zero-order valence-electron chi connectivity index (χ0n) is 14.0. The Morgan fingerprint density at radius 3 is 2.36 bits per heavy atom. The highest BCUT2D eigenvalue weighted by Gasteiger charge is 2.23. The van der Waals surface area contributed by atoms with Gasteiger partial charge in [0.2, 0.25) is 0 Å². The maximum absolute atomic E-state index is 12.7. The summed E-state index contributed by atoms with van der Waals surface area (Å²) in [6.45, 7) is 4.32. The Labute approximate surface area is 161 Å². The van der Waals surface area contributed by atoms with Crippen LogP contribution in [0.3, 0.4) is 0 Å². The average molecular weight is 380 g/mol. The number of hydrogen-bond donors (Lipinski definition) is 1. The molecule has 2 aliphatic heterocycles. The molecule has 0 radical (unpaired) electrons. The monoisotopic (exact) mass is 379 g/mol. The number of fused-ring (bicyclic) bond motifs is 1. The van der Waals surface area contributed by atoms with Crippen LogP contribution in [0, 0.1) is 0 Å². The Kier molecular flexibility index (Phi) is 6.57. The van der Waals surface area contributed by atoms with Crippen LogP contribution in [-0.4, -0.2) is 43.5 Å². The van der Waals surface area contributed by atoms with Crippen LogP contribution < -0.4 is 10.2 Å². The maximum atomic E-state index is 12.7. The van der Waals surface area contributed by atoms with Crippen LogP contribution in [0.15, 0.2) is 48.5 Å². The molecule has 4 nitrogen and oxygen atoms in total. The van der Waals surface area contributed by atoms with Crippen LogP contribution in [0.4, 0.5) is 11.4 Å². The molecule has 2 aliphatic rings. The van der Waals surface area contributed by atoms with Gasteiger partial charge in [0.15, 0.2) is 0 Å². The highest BCUT2D eigenvalue weighted by Crippen LogP contribution is 2.24.